The second-order valence-electron chi connectivity index (χ2n) is 5.57. The summed E-state index contributed by atoms with van der Waals surface area (Å²) in [5, 5.41) is 11.3. The maximum Gasteiger partial charge on any atom is 0.312 e. The Morgan fingerprint density at radius 2 is 1.82 bits per heavy atom. The predicted octanol–water partition coefficient (Wildman–Crippen LogP) is 0.840. The van der Waals surface area contributed by atoms with Gasteiger partial charge in [-0.3, -0.25) is 14.5 Å². The number of amides is 1. The Labute approximate surface area is 102 Å². The zero-order valence-electron chi connectivity index (χ0n) is 10.8. The van der Waals surface area contributed by atoms with Crippen molar-refractivity contribution in [1.29, 1.82) is 0 Å². The molecule has 5 nitrogen and oxygen atoms in total. The van der Waals surface area contributed by atoms with Crippen LogP contribution in [0.4, 0.5) is 0 Å². The highest BCUT2D eigenvalue weighted by molar-refractivity contribution is 5.93. The number of aliphatic carboxylic acids is 1. The SMILES string of the molecule is CC(C)(C)N1CCC(NC(=O)CC(=O)O)CC1. The van der Waals surface area contributed by atoms with Gasteiger partial charge in [-0.15, -0.1) is 0 Å². The summed E-state index contributed by atoms with van der Waals surface area (Å²) in [5.41, 5.74) is 0.163. The summed E-state index contributed by atoms with van der Waals surface area (Å²) in [7, 11) is 0. The molecule has 0 aromatic rings. The quantitative estimate of drug-likeness (QED) is 0.720. The van der Waals surface area contributed by atoms with Crippen LogP contribution in [0.1, 0.15) is 40.0 Å². The molecule has 0 atom stereocenters. The highest BCUT2D eigenvalue weighted by atomic mass is 16.4. The molecule has 1 rings (SSSR count). The summed E-state index contributed by atoms with van der Waals surface area (Å²) in [6.07, 6.45) is 1.35. The number of carbonyl (C=O) groups is 2. The Hall–Kier alpha value is -1.10. The molecule has 1 saturated heterocycles. The lowest BCUT2D eigenvalue weighted by atomic mass is 9.98. The van der Waals surface area contributed by atoms with Gasteiger partial charge in [-0.05, 0) is 33.6 Å². The van der Waals surface area contributed by atoms with Gasteiger partial charge in [0.25, 0.3) is 0 Å². The number of carbonyl (C=O) groups excluding carboxylic acids is 1. The van der Waals surface area contributed by atoms with Gasteiger partial charge in [0.2, 0.25) is 5.91 Å². The van der Waals surface area contributed by atoms with Crippen LogP contribution in [0.25, 0.3) is 0 Å². The molecule has 0 radical (unpaired) electrons. The summed E-state index contributed by atoms with van der Waals surface area (Å²) in [6, 6.07) is 0.125. The summed E-state index contributed by atoms with van der Waals surface area (Å²) in [4.78, 5) is 24.0. The van der Waals surface area contributed by atoms with Crippen LogP contribution in [0, 0.1) is 0 Å². The third-order valence-corrected chi connectivity index (χ3v) is 3.12. The molecule has 0 spiro atoms. The van der Waals surface area contributed by atoms with Crippen LogP contribution in [-0.4, -0.2) is 46.6 Å². The molecule has 0 bridgehead atoms. The number of hydrogen-bond donors (Lipinski definition) is 2. The van der Waals surface area contributed by atoms with Crippen molar-refractivity contribution in [1.82, 2.24) is 10.2 Å². The van der Waals surface area contributed by atoms with Crippen LogP contribution in [-0.2, 0) is 9.59 Å². The average molecular weight is 242 g/mol. The van der Waals surface area contributed by atoms with Crippen LogP contribution in [0.3, 0.4) is 0 Å². The molecule has 17 heavy (non-hydrogen) atoms. The van der Waals surface area contributed by atoms with Gasteiger partial charge in [0.15, 0.2) is 0 Å². The number of nitrogens with zero attached hydrogens (tertiary/aromatic N) is 1. The predicted molar refractivity (Wildman–Crippen MR) is 64.7 cm³/mol. The molecule has 2 N–H and O–H groups in total. The van der Waals surface area contributed by atoms with E-state index >= 15 is 0 Å². The first-order valence-electron chi connectivity index (χ1n) is 6.05. The first kappa shape index (κ1) is 14.0. The van der Waals surface area contributed by atoms with E-state index in [2.05, 4.69) is 31.0 Å². The number of likely N-dealkylation sites (tertiary alicyclic amines) is 1. The third-order valence-electron chi connectivity index (χ3n) is 3.12. The van der Waals surface area contributed by atoms with Gasteiger partial charge in [-0.2, -0.15) is 0 Å². The van der Waals surface area contributed by atoms with Crippen LogP contribution in [0.15, 0.2) is 0 Å². The highest BCUT2D eigenvalue weighted by Crippen LogP contribution is 2.19. The van der Waals surface area contributed by atoms with E-state index in [9.17, 15) is 9.59 Å². The minimum absolute atomic E-state index is 0.125. The van der Waals surface area contributed by atoms with Gasteiger partial charge in [-0.1, -0.05) is 0 Å². The number of carboxylic acid groups (broad SMARTS) is 1. The van der Waals surface area contributed by atoms with Gasteiger partial charge < -0.3 is 10.4 Å². The monoisotopic (exact) mass is 242 g/mol. The van der Waals surface area contributed by atoms with Gasteiger partial charge in [0.05, 0.1) is 0 Å². The molecular weight excluding hydrogens is 220 g/mol. The largest absolute Gasteiger partial charge is 0.481 e. The molecule has 5 heteroatoms. The van der Waals surface area contributed by atoms with Gasteiger partial charge in [0, 0.05) is 24.7 Å². The molecule has 1 amide bonds. The molecule has 98 valence electrons. The van der Waals surface area contributed by atoms with Crippen LogP contribution in [0.5, 0.6) is 0 Å². The minimum atomic E-state index is -1.07. The summed E-state index contributed by atoms with van der Waals surface area (Å²) < 4.78 is 0. The Bertz CT molecular complexity index is 289. The van der Waals surface area contributed by atoms with E-state index in [0.29, 0.717) is 0 Å². The lowest BCUT2D eigenvalue weighted by Crippen LogP contribution is -2.51. The fourth-order valence-electron chi connectivity index (χ4n) is 2.11. The van der Waals surface area contributed by atoms with Crippen molar-refractivity contribution in [3.8, 4) is 0 Å². The van der Waals surface area contributed by atoms with Crippen molar-refractivity contribution in [3.63, 3.8) is 0 Å². The maximum absolute atomic E-state index is 11.3. The first-order valence-corrected chi connectivity index (χ1v) is 6.05. The summed E-state index contributed by atoms with van der Waals surface area (Å²) >= 11 is 0. The fourth-order valence-corrected chi connectivity index (χ4v) is 2.11. The van der Waals surface area contributed by atoms with E-state index in [1.54, 1.807) is 0 Å². The summed E-state index contributed by atoms with van der Waals surface area (Å²) in [6.45, 7) is 8.42. The molecule has 0 aliphatic carbocycles. The van der Waals surface area contributed by atoms with Crippen molar-refractivity contribution < 1.29 is 14.7 Å². The number of hydrogen-bond acceptors (Lipinski definition) is 3. The topological polar surface area (TPSA) is 69.6 Å². The Kier molecular flexibility index (Phi) is 4.51. The molecule has 0 aromatic carbocycles. The minimum Gasteiger partial charge on any atom is -0.481 e. The number of piperidine rings is 1. The number of carboxylic acids is 1. The van der Waals surface area contributed by atoms with E-state index in [0.717, 1.165) is 25.9 Å². The lowest BCUT2D eigenvalue weighted by Gasteiger charge is -2.41. The normalized spacial score (nSPS) is 19.0. The Morgan fingerprint density at radius 1 is 1.29 bits per heavy atom. The zero-order valence-corrected chi connectivity index (χ0v) is 10.8. The smallest absolute Gasteiger partial charge is 0.312 e. The summed E-state index contributed by atoms with van der Waals surface area (Å²) in [5.74, 6) is -1.46. The van der Waals surface area contributed by atoms with Crippen molar-refractivity contribution in [2.24, 2.45) is 0 Å². The van der Waals surface area contributed by atoms with Crippen molar-refractivity contribution >= 4 is 11.9 Å². The van der Waals surface area contributed by atoms with Crippen molar-refractivity contribution in [2.75, 3.05) is 13.1 Å². The maximum atomic E-state index is 11.3. The van der Waals surface area contributed by atoms with Gasteiger partial charge >= 0.3 is 5.97 Å². The highest BCUT2D eigenvalue weighted by Gasteiger charge is 2.27. The third kappa shape index (κ3) is 4.73. The van der Waals surface area contributed by atoms with Gasteiger partial charge in [0.1, 0.15) is 6.42 Å². The zero-order chi connectivity index (χ0) is 13.1. The van der Waals surface area contributed by atoms with Gasteiger partial charge in [-0.25, -0.2) is 0 Å². The van der Waals surface area contributed by atoms with E-state index in [4.69, 9.17) is 5.11 Å². The average Bonchev–Trinajstić information content (AvgIpc) is 2.15. The number of rotatable bonds is 3. The van der Waals surface area contributed by atoms with Crippen LogP contribution >= 0.6 is 0 Å². The van der Waals surface area contributed by atoms with Crippen molar-refractivity contribution in [2.45, 2.75) is 51.6 Å². The molecular formula is C12H22N2O3. The van der Waals surface area contributed by atoms with E-state index in [1.807, 2.05) is 0 Å². The molecule has 0 saturated carbocycles. The fraction of sp³-hybridized carbons (Fsp3) is 0.833. The molecule has 1 fully saturated rings. The Morgan fingerprint density at radius 3 is 2.24 bits per heavy atom. The molecule has 0 unspecified atom stereocenters. The van der Waals surface area contributed by atoms with E-state index in [1.165, 1.54) is 0 Å². The Balaban J connectivity index is 2.33. The molecule has 1 aliphatic rings. The van der Waals surface area contributed by atoms with Crippen LogP contribution < -0.4 is 5.32 Å². The second-order valence-corrected chi connectivity index (χ2v) is 5.57. The van der Waals surface area contributed by atoms with Crippen LogP contribution in [0.2, 0.25) is 0 Å². The first-order chi connectivity index (χ1) is 7.79. The second kappa shape index (κ2) is 5.49. The standard InChI is InChI=1S/C12H22N2O3/c1-12(2,3)14-6-4-9(5-7-14)13-10(15)8-11(16)17/h9H,4-8H2,1-3H3,(H,13,15)(H,16,17). The van der Waals surface area contributed by atoms with Crippen molar-refractivity contribution in [3.05, 3.63) is 0 Å². The lowest BCUT2D eigenvalue weighted by molar-refractivity contribution is -0.140. The number of nitrogens with one attached hydrogen (secondary N) is 1. The van der Waals surface area contributed by atoms with E-state index in [-0.39, 0.29) is 17.5 Å². The molecule has 1 aliphatic heterocycles. The molecule has 1 heterocycles. The molecule has 0 aromatic heterocycles. The van der Waals surface area contributed by atoms with E-state index < -0.39 is 12.4 Å².